The van der Waals surface area contributed by atoms with Crippen molar-refractivity contribution in [2.45, 2.75) is 53.5 Å². The molecule has 0 saturated heterocycles. The van der Waals surface area contributed by atoms with Crippen LogP contribution in [-0.2, 0) is 29.0 Å². The number of para-hydroxylation sites is 1. The Morgan fingerprint density at radius 2 is 1.46 bits per heavy atom. The van der Waals surface area contributed by atoms with E-state index >= 15 is 0 Å². The van der Waals surface area contributed by atoms with Gasteiger partial charge in [-0.1, -0.05) is 62.4 Å². The van der Waals surface area contributed by atoms with E-state index in [-0.39, 0.29) is 11.8 Å². The number of benzene rings is 2. The van der Waals surface area contributed by atoms with E-state index in [1.807, 2.05) is 48.2 Å². The normalized spacial score (nSPS) is 10.6. The van der Waals surface area contributed by atoms with Gasteiger partial charge in [0, 0.05) is 38.7 Å². The van der Waals surface area contributed by atoms with Gasteiger partial charge in [0.1, 0.15) is 0 Å². The lowest BCUT2D eigenvalue weighted by Gasteiger charge is -2.28. The monoisotopic (exact) mass is 380 g/mol. The predicted octanol–water partition coefficient (Wildman–Crippen LogP) is 4.60. The molecule has 2 aromatic rings. The maximum Gasteiger partial charge on any atom is 0.224 e. The highest BCUT2D eigenvalue weighted by Gasteiger charge is 2.20. The molecule has 2 amide bonds. The molecule has 0 fully saturated rings. The molecule has 4 heteroatoms. The van der Waals surface area contributed by atoms with Gasteiger partial charge in [0.25, 0.3) is 0 Å². The summed E-state index contributed by atoms with van der Waals surface area (Å²) in [4.78, 5) is 28.9. The van der Waals surface area contributed by atoms with E-state index in [1.54, 1.807) is 11.8 Å². The standard InChI is InChI=1S/C24H32N2O2/c1-5-21-14-11-15-22(6-2)24(21)26(19(4)27)17-16-23(28)25(7-3)18-20-12-9-8-10-13-20/h8-15H,5-7,16-18H2,1-4H3. The van der Waals surface area contributed by atoms with Crippen molar-refractivity contribution < 1.29 is 9.59 Å². The van der Waals surface area contributed by atoms with E-state index in [4.69, 9.17) is 0 Å². The van der Waals surface area contributed by atoms with E-state index in [2.05, 4.69) is 26.0 Å². The summed E-state index contributed by atoms with van der Waals surface area (Å²) in [7, 11) is 0. The molecular weight excluding hydrogens is 348 g/mol. The van der Waals surface area contributed by atoms with Gasteiger partial charge in [0.15, 0.2) is 0 Å². The van der Waals surface area contributed by atoms with Gasteiger partial charge < -0.3 is 9.80 Å². The minimum atomic E-state index is -0.0190. The van der Waals surface area contributed by atoms with E-state index < -0.39 is 0 Å². The van der Waals surface area contributed by atoms with Crippen LogP contribution in [0.15, 0.2) is 48.5 Å². The van der Waals surface area contributed by atoms with E-state index in [1.165, 1.54) is 0 Å². The maximum atomic E-state index is 12.8. The van der Waals surface area contributed by atoms with Crippen molar-refractivity contribution in [3.05, 3.63) is 65.2 Å². The zero-order valence-corrected chi connectivity index (χ0v) is 17.6. The lowest BCUT2D eigenvalue weighted by Crippen LogP contribution is -2.37. The molecule has 0 atom stereocenters. The third-order valence-electron chi connectivity index (χ3n) is 5.11. The third-order valence-corrected chi connectivity index (χ3v) is 5.11. The van der Waals surface area contributed by atoms with Crippen LogP contribution in [0.5, 0.6) is 0 Å². The summed E-state index contributed by atoms with van der Waals surface area (Å²) in [6.07, 6.45) is 2.04. The van der Waals surface area contributed by atoms with Crippen LogP contribution in [0.2, 0.25) is 0 Å². The Labute approximate surface area is 169 Å². The van der Waals surface area contributed by atoms with Crippen LogP contribution < -0.4 is 4.90 Å². The van der Waals surface area contributed by atoms with Crippen LogP contribution in [0.25, 0.3) is 0 Å². The van der Waals surface area contributed by atoms with Gasteiger partial charge in [-0.05, 0) is 36.5 Å². The fraction of sp³-hybridized carbons (Fsp3) is 0.417. The van der Waals surface area contributed by atoms with Gasteiger partial charge >= 0.3 is 0 Å². The highest BCUT2D eigenvalue weighted by molar-refractivity contribution is 5.94. The maximum absolute atomic E-state index is 12.8. The van der Waals surface area contributed by atoms with E-state index in [0.717, 1.165) is 35.2 Å². The molecule has 0 spiro atoms. The SMILES string of the molecule is CCc1cccc(CC)c1N(CCC(=O)N(CC)Cc1ccccc1)C(C)=O. The summed E-state index contributed by atoms with van der Waals surface area (Å²) in [6, 6.07) is 16.2. The Bertz CT molecular complexity index is 764. The van der Waals surface area contributed by atoms with Crippen molar-refractivity contribution in [1.29, 1.82) is 0 Å². The Kier molecular flexibility index (Phi) is 8.24. The summed E-state index contributed by atoms with van der Waals surface area (Å²) >= 11 is 0. The van der Waals surface area contributed by atoms with Crippen molar-refractivity contribution in [2.24, 2.45) is 0 Å². The first-order valence-electron chi connectivity index (χ1n) is 10.2. The highest BCUT2D eigenvalue weighted by atomic mass is 16.2. The van der Waals surface area contributed by atoms with E-state index in [9.17, 15) is 9.59 Å². The Balaban J connectivity index is 2.15. The number of rotatable bonds is 9. The molecule has 0 aliphatic rings. The molecule has 0 aliphatic heterocycles. The van der Waals surface area contributed by atoms with Gasteiger partial charge in [-0.3, -0.25) is 9.59 Å². The first kappa shape index (κ1) is 21.7. The summed E-state index contributed by atoms with van der Waals surface area (Å²) in [5.41, 5.74) is 4.40. The van der Waals surface area contributed by atoms with Crippen molar-refractivity contribution in [2.75, 3.05) is 18.0 Å². The van der Waals surface area contributed by atoms with Crippen molar-refractivity contribution in [3.63, 3.8) is 0 Å². The molecule has 0 heterocycles. The van der Waals surface area contributed by atoms with Crippen molar-refractivity contribution in [1.82, 2.24) is 4.90 Å². The molecule has 0 aliphatic carbocycles. The molecular formula is C24H32N2O2. The zero-order valence-electron chi connectivity index (χ0n) is 17.6. The number of anilines is 1. The van der Waals surface area contributed by atoms with Gasteiger partial charge in [0.2, 0.25) is 11.8 Å². The summed E-state index contributed by atoms with van der Waals surface area (Å²) < 4.78 is 0. The number of hydrogen-bond acceptors (Lipinski definition) is 2. The van der Waals surface area contributed by atoms with Crippen LogP contribution in [0.1, 0.15) is 50.8 Å². The quantitative estimate of drug-likeness (QED) is 0.638. The predicted molar refractivity (Wildman–Crippen MR) is 115 cm³/mol. The fourth-order valence-corrected chi connectivity index (χ4v) is 3.53. The molecule has 0 saturated carbocycles. The lowest BCUT2D eigenvalue weighted by atomic mass is 10.0. The van der Waals surface area contributed by atoms with Crippen molar-refractivity contribution in [3.8, 4) is 0 Å². The minimum Gasteiger partial charge on any atom is -0.339 e. The number of amides is 2. The average Bonchev–Trinajstić information content (AvgIpc) is 2.72. The second-order valence-electron chi connectivity index (χ2n) is 6.95. The van der Waals surface area contributed by atoms with Crippen LogP contribution in [-0.4, -0.2) is 29.8 Å². The van der Waals surface area contributed by atoms with Gasteiger partial charge in [-0.25, -0.2) is 0 Å². The molecule has 0 unspecified atom stereocenters. The molecule has 4 nitrogen and oxygen atoms in total. The second-order valence-corrected chi connectivity index (χ2v) is 6.95. The summed E-state index contributed by atoms with van der Waals surface area (Å²) in [6.45, 7) is 9.43. The molecule has 150 valence electrons. The van der Waals surface area contributed by atoms with Crippen LogP contribution in [0.4, 0.5) is 5.69 Å². The molecule has 2 aromatic carbocycles. The molecule has 0 bridgehead atoms. The number of aryl methyl sites for hydroxylation is 2. The number of nitrogens with zero attached hydrogens (tertiary/aromatic N) is 2. The van der Waals surface area contributed by atoms with Crippen LogP contribution in [0.3, 0.4) is 0 Å². The minimum absolute atomic E-state index is 0.0190. The molecule has 0 aromatic heterocycles. The topological polar surface area (TPSA) is 40.6 Å². The Morgan fingerprint density at radius 1 is 0.857 bits per heavy atom. The first-order valence-corrected chi connectivity index (χ1v) is 10.2. The van der Waals surface area contributed by atoms with Crippen LogP contribution >= 0.6 is 0 Å². The van der Waals surface area contributed by atoms with Gasteiger partial charge in [0.05, 0.1) is 0 Å². The number of hydrogen-bond donors (Lipinski definition) is 0. The van der Waals surface area contributed by atoms with Crippen molar-refractivity contribution >= 4 is 17.5 Å². The molecule has 28 heavy (non-hydrogen) atoms. The van der Waals surface area contributed by atoms with Crippen LogP contribution in [0, 0.1) is 0 Å². The van der Waals surface area contributed by atoms with Gasteiger partial charge in [-0.15, -0.1) is 0 Å². The fourth-order valence-electron chi connectivity index (χ4n) is 3.53. The van der Waals surface area contributed by atoms with Gasteiger partial charge in [-0.2, -0.15) is 0 Å². The van der Waals surface area contributed by atoms with E-state index in [0.29, 0.717) is 26.1 Å². The second kappa shape index (κ2) is 10.6. The largest absolute Gasteiger partial charge is 0.339 e. The Hall–Kier alpha value is -2.62. The highest BCUT2D eigenvalue weighted by Crippen LogP contribution is 2.27. The first-order chi connectivity index (χ1) is 13.5. The summed E-state index contributed by atoms with van der Waals surface area (Å²) in [5.74, 6) is 0.0548. The smallest absolute Gasteiger partial charge is 0.224 e. The number of carbonyl (C=O) groups excluding carboxylic acids is 2. The zero-order chi connectivity index (χ0) is 20.5. The molecule has 0 N–H and O–H groups in total. The molecule has 2 rings (SSSR count). The lowest BCUT2D eigenvalue weighted by molar-refractivity contribution is -0.131. The third kappa shape index (κ3) is 5.44. The Morgan fingerprint density at radius 3 is 1.96 bits per heavy atom. The average molecular weight is 381 g/mol. The molecule has 0 radical (unpaired) electrons. The number of carbonyl (C=O) groups is 2. The summed E-state index contributed by atoms with van der Waals surface area (Å²) in [5, 5.41) is 0.